The molecule has 2 aliphatic rings. The summed E-state index contributed by atoms with van der Waals surface area (Å²) in [4.78, 5) is 14.8. The van der Waals surface area contributed by atoms with Crippen molar-refractivity contribution in [2.45, 2.75) is 51.2 Å². The Morgan fingerprint density at radius 2 is 1.97 bits per heavy atom. The van der Waals surface area contributed by atoms with Crippen molar-refractivity contribution in [2.75, 3.05) is 10.6 Å². The van der Waals surface area contributed by atoms with Gasteiger partial charge in [0.2, 0.25) is 5.95 Å². The van der Waals surface area contributed by atoms with Crippen molar-refractivity contribution in [3.05, 3.63) is 59.4 Å². The molecule has 1 aromatic carbocycles. The van der Waals surface area contributed by atoms with E-state index < -0.39 is 0 Å². The summed E-state index contributed by atoms with van der Waals surface area (Å²) in [6, 6.07) is 14.1. The number of hydrogen-bond acceptors (Lipinski definition) is 7. The predicted octanol–water partition coefficient (Wildman–Crippen LogP) is 4.12. The number of hydrogen-bond donors (Lipinski definition) is 3. The minimum atomic E-state index is -0.0746. The zero-order valence-corrected chi connectivity index (χ0v) is 17.1. The fourth-order valence-corrected chi connectivity index (χ4v) is 3.59. The topological polar surface area (TPSA) is 100 Å². The van der Waals surface area contributed by atoms with Crippen molar-refractivity contribution < 1.29 is 4.84 Å². The number of oxime groups is 1. The van der Waals surface area contributed by atoms with Crippen molar-refractivity contribution in [3.8, 4) is 0 Å². The number of rotatable bonds is 7. The normalized spacial score (nSPS) is 19.1. The summed E-state index contributed by atoms with van der Waals surface area (Å²) < 4.78 is 0. The summed E-state index contributed by atoms with van der Waals surface area (Å²) >= 11 is 0. The molecule has 0 saturated heterocycles. The Kier molecular flexibility index (Phi) is 4.82. The molecule has 2 unspecified atom stereocenters. The third kappa shape index (κ3) is 4.12. The standard InChI is InChI=1S/C22H25N7O/c1-13-10-20(25-21-12-17(27-28-21)16-8-9-16)26-22(23-13)24-14(2)19-11-18(29-30-19)15-6-4-3-5-7-15/h3-7,10,12,14,16,19H,8-9,11H2,1-2H3,(H3,23,24,25,26,27,28). The lowest BCUT2D eigenvalue weighted by molar-refractivity contribution is 0.0748. The van der Waals surface area contributed by atoms with Gasteiger partial charge in [-0.2, -0.15) is 10.1 Å². The minimum absolute atomic E-state index is 0.00163. The molecule has 3 heterocycles. The van der Waals surface area contributed by atoms with E-state index in [9.17, 15) is 0 Å². The van der Waals surface area contributed by atoms with Gasteiger partial charge in [0.15, 0.2) is 6.10 Å². The second-order valence-corrected chi connectivity index (χ2v) is 8.01. The highest BCUT2D eigenvalue weighted by molar-refractivity contribution is 6.01. The summed E-state index contributed by atoms with van der Waals surface area (Å²) in [6.07, 6.45) is 3.12. The average Bonchev–Trinajstić information content (AvgIpc) is 3.28. The van der Waals surface area contributed by atoms with Gasteiger partial charge in [-0.15, -0.1) is 0 Å². The summed E-state index contributed by atoms with van der Waals surface area (Å²) in [5.41, 5.74) is 4.05. The van der Waals surface area contributed by atoms with E-state index in [0.29, 0.717) is 11.9 Å². The lowest BCUT2D eigenvalue weighted by atomic mass is 10.0. The molecule has 1 saturated carbocycles. The van der Waals surface area contributed by atoms with Gasteiger partial charge in [0, 0.05) is 30.2 Å². The third-order valence-corrected chi connectivity index (χ3v) is 5.42. The quantitative estimate of drug-likeness (QED) is 0.549. The predicted molar refractivity (Wildman–Crippen MR) is 116 cm³/mol. The Morgan fingerprint density at radius 3 is 2.77 bits per heavy atom. The zero-order valence-electron chi connectivity index (χ0n) is 17.1. The van der Waals surface area contributed by atoms with E-state index in [2.05, 4.69) is 48.9 Å². The summed E-state index contributed by atoms with van der Waals surface area (Å²) in [6.45, 7) is 4.01. The fraction of sp³-hybridized carbons (Fsp3) is 0.364. The van der Waals surface area contributed by atoms with Gasteiger partial charge in [-0.25, -0.2) is 4.98 Å². The SMILES string of the molecule is Cc1cc(Nc2cc(C3CC3)n[nH]2)nc(NC(C)C2CC(c3ccccc3)=NO2)n1. The van der Waals surface area contributed by atoms with E-state index in [0.717, 1.165) is 40.7 Å². The number of nitrogens with one attached hydrogen (secondary N) is 3. The van der Waals surface area contributed by atoms with Crippen LogP contribution in [0.2, 0.25) is 0 Å². The van der Waals surface area contributed by atoms with Gasteiger partial charge in [-0.05, 0) is 32.3 Å². The number of aryl methyl sites for hydroxylation is 1. The van der Waals surface area contributed by atoms with Crippen LogP contribution in [0.25, 0.3) is 0 Å². The third-order valence-electron chi connectivity index (χ3n) is 5.42. The lowest BCUT2D eigenvalue weighted by Gasteiger charge is -2.19. The van der Waals surface area contributed by atoms with Crippen molar-refractivity contribution in [2.24, 2.45) is 5.16 Å². The number of anilines is 3. The monoisotopic (exact) mass is 403 g/mol. The summed E-state index contributed by atoms with van der Waals surface area (Å²) in [5, 5.41) is 18.4. The first-order valence-corrected chi connectivity index (χ1v) is 10.4. The second kappa shape index (κ2) is 7.78. The Balaban J connectivity index is 1.23. The largest absolute Gasteiger partial charge is 0.390 e. The average molecular weight is 403 g/mol. The molecule has 30 heavy (non-hydrogen) atoms. The van der Waals surface area contributed by atoms with Crippen LogP contribution in [0.4, 0.5) is 17.6 Å². The van der Waals surface area contributed by atoms with Gasteiger partial charge in [-0.3, -0.25) is 5.10 Å². The molecular weight excluding hydrogens is 378 g/mol. The maximum Gasteiger partial charge on any atom is 0.225 e. The first-order chi connectivity index (χ1) is 14.6. The first-order valence-electron chi connectivity index (χ1n) is 10.4. The van der Waals surface area contributed by atoms with E-state index in [1.807, 2.05) is 43.3 Å². The molecule has 0 bridgehead atoms. The molecule has 0 radical (unpaired) electrons. The molecule has 1 aliphatic heterocycles. The molecule has 3 aromatic rings. The van der Waals surface area contributed by atoms with Gasteiger partial charge in [0.05, 0.1) is 17.4 Å². The molecule has 2 aromatic heterocycles. The molecule has 0 spiro atoms. The van der Waals surface area contributed by atoms with Gasteiger partial charge < -0.3 is 15.5 Å². The maximum atomic E-state index is 5.68. The van der Waals surface area contributed by atoms with Crippen LogP contribution >= 0.6 is 0 Å². The van der Waals surface area contributed by atoms with E-state index in [1.165, 1.54) is 12.8 Å². The van der Waals surface area contributed by atoms with Crippen LogP contribution in [-0.2, 0) is 4.84 Å². The van der Waals surface area contributed by atoms with Crippen LogP contribution in [0.3, 0.4) is 0 Å². The van der Waals surface area contributed by atoms with Crippen LogP contribution in [0.5, 0.6) is 0 Å². The molecule has 8 nitrogen and oxygen atoms in total. The zero-order chi connectivity index (χ0) is 20.5. The number of benzene rings is 1. The molecule has 1 fully saturated rings. The molecular formula is C22H25N7O. The Labute approximate surface area is 175 Å². The minimum Gasteiger partial charge on any atom is -0.390 e. The number of aromatic amines is 1. The summed E-state index contributed by atoms with van der Waals surface area (Å²) in [5.74, 6) is 2.73. The Bertz CT molecular complexity index is 1060. The summed E-state index contributed by atoms with van der Waals surface area (Å²) in [7, 11) is 0. The highest BCUT2D eigenvalue weighted by atomic mass is 16.6. The van der Waals surface area contributed by atoms with Gasteiger partial charge in [-0.1, -0.05) is 35.5 Å². The van der Waals surface area contributed by atoms with Gasteiger partial charge >= 0.3 is 0 Å². The van der Waals surface area contributed by atoms with E-state index in [-0.39, 0.29) is 12.1 Å². The smallest absolute Gasteiger partial charge is 0.225 e. The van der Waals surface area contributed by atoms with Crippen molar-refractivity contribution in [1.82, 2.24) is 20.2 Å². The van der Waals surface area contributed by atoms with Crippen molar-refractivity contribution in [3.63, 3.8) is 0 Å². The maximum absolute atomic E-state index is 5.68. The van der Waals surface area contributed by atoms with E-state index in [4.69, 9.17) is 4.84 Å². The Hall–Kier alpha value is -3.42. The first kappa shape index (κ1) is 18.6. The molecule has 154 valence electrons. The number of nitrogens with zero attached hydrogens (tertiary/aromatic N) is 4. The highest BCUT2D eigenvalue weighted by Gasteiger charge is 2.28. The Morgan fingerprint density at radius 1 is 1.13 bits per heavy atom. The molecule has 5 rings (SSSR count). The van der Waals surface area contributed by atoms with Crippen molar-refractivity contribution in [1.29, 1.82) is 0 Å². The van der Waals surface area contributed by atoms with Crippen LogP contribution in [0.15, 0.2) is 47.6 Å². The van der Waals surface area contributed by atoms with Gasteiger partial charge in [0.1, 0.15) is 11.6 Å². The second-order valence-electron chi connectivity index (χ2n) is 8.01. The van der Waals surface area contributed by atoms with Crippen molar-refractivity contribution >= 4 is 23.3 Å². The van der Waals surface area contributed by atoms with Crippen LogP contribution in [-0.4, -0.2) is 38.0 Å². The fourth-order valence-electron chi connectivity index (χ4n) is 3.59. The van der Waals surface area contributed by atoms with E-state index in [1.54, 1.807) is 0 Å². The molecule has 8 heteroatoms. The molecule has 2 atom stereocenters. The van der Waals surface area contributed by atoms with Crippen LogP contribution in [0, 0.1) is 6.92 Å². The number of aromatic nitrogens is 4. The van der Waals surface area contributed by atoms with Crippen LogP contribution in [0.1, 0.15) is 49.1 Å². The highest BCUT2D eigenvalue weighted by Crippen LogP contribution is 2.39. The van der Waals surface area contributed by atoms with E-state index >= 15 is 0 Å². The molecule has 3 N–H and O–H groups in total. The molecule has 1 aliphatic carbocycles. The molecule has 0 amide bonds. The lowest BCUT2D eigenvalue weighted by Crippen LogP contribution is -2.31. The van der Waals surface area contributed by atoms with Gasteiger partial charge in [0.25, 0.3) is 0 Å². The van der Waals surface area contributed by atoms with Crippen LogP contribution < -0.4 is 10.6 Å². The number of H-pyrrole nitrogens is 1.